The van der Waals surface area contributed by atoms with Crippen molar-refractivity contribution >= 4 is 39.8 Å². The summed E-state index contributed by atoms with van der Waals surface area (Å²) in [6, 6.07) is 8.21. The molecule has 5 nitrogen and oxygen atoms in total. The summed E-state index contributed by atoms with van der Waals surface area (Å²) in [4.78, 5) is 17.3. The Hall–Kier alpha value is -1.92. The highest BCUT2D eigenvalue weighted by Gasteiger charge is 2.27. The fraction of sp³-hybridized carbons (Fsp3) is 0.312. The average molecular weight is 349 g/mol. The van der Waals surface area contributed by atoms with Gasteiger partial charge in [-0.1, -0.05) is 29.8 Å². The number of aryl methyl sites for hydroxylation is 1. The van der Waals surface area contributed by atoms with E-state index in [1.807, 2.05) is 17.5 Å². The largest absolute Gasteiger partial charge is 0.293 e. The number of halogens is 1. The highest BCUT2D eigenvalue weighted by atomic mass is 35.5. The van der Waals surface area contributed by atoms with Crippen LogP contribution in [-0.2, 0) is 4.79 Å². The summed E-state index contributed by atoms with van der Waals surface area (Å²) in [5.41, 5.74) is 2.55. The normalized spacial score (nSPS) is 11.8. The topological polar surface area (TPSA) is 59.3 Å². The number of hydrogen-bond acceptors (Lipinski definition) is 4. The minimum absolute atomic E-state index is 0.192. The zero-order valence-corrected chi connectivity index (χ0v) is 14.7. The number of nitrogens with one attached hydrogen (secondary N) is 1. The first kappa shape index (κ1) is 16.0. The molecule has 0 aliphatic heterocycles. The number of thiazole rings is 1. The maximum Gasteiger partial charge on any atom is 0.250 e. The highest BCUT2D eigenvalue weighted by molar-refractivity contribution is 7.15. The Kier molecular flexibility index (Phi) is 4.12. The molecule has 7 heteroatoms. The van der Waals surface area contributed by atoms with Crippen LogP contribution in [0.25, 0.3) is 16.2 Å². The van der Waals surface area contributed by atoms with Crippen LogP contribution in [-0.4, -0.2) is 26.4 Å². The Morgan fingerprint density at radius 1 is 1.35 bits per heavy atom. The van der Waals surface area contributed by atoms with Crippen LogP contribution in [0.4, 0.5) is 5.95 Å². The Morgan fingerprint density at radius 3 is 2.70 bits per heavy atom. The lowest BCUT2D eigenvalue weighted by molar-refractivity contribution is -0.123. The van der Waals surface area contributed by atoms with Gasteiger partial charge in [-0.2, -0.15) is 4.98 Å². The van der Waals surface area contributed by atoms with E-state index in [0.29, 0.717) is 5.95 Å². The summed E-state index contributed by atoms with van der Waals surface area (Å²) in [6.07, 6.45) is 0. The van der Waals surface area contributed by atoms with Crippen molar-refractivity contribution in [3.8, 4) is 11.3 Å². The molecule has 0 saturated carbocycles. The number of nitrogens with zero attached hydrogens (tertiary/aromatic N) is 3. The SMILES string of the molecule is Cc1ccc(-c2csc3nc(NC(=O)C(C)(C)CCl)nn23)cc1. The number of hydrogen-bond donors (Lipinski definition) is 1. The molecule has 0 atom stereocenters. The number of carbonyl (C=O) groups excluding carboxylic acids is 1. The second-order valence-corrected chi connectivity index (χ2v) is 7.19. The van der Waals surface area contributed by atoms with Crippen molar-refractivity contribution in [2.45, 2.75) is 20.8 Å². The molecule has 3 rings (SSSR count). The predicted octanol–water partition coefficient (Wildman–Crippen LogP) is 3.97. The van der Waals surface area contributed by atoms with Gasteiger partial charge < -0.3 is 0 Å². The van der Waals surface area contributed by atoms with Crippen molar-refractivity contribution in [3.05, 3.63) is 35.2 Å². The third-order valence-electron chi connectivity index (χ3n) is 3.60. The molecule has 1 N–H and O–H groups in total. The monoisotopic (exact) mass is 348 g/mol. The van der Waals surface area contributed by atoms with E-state index in [2.05, 4.69) is 34.5 Å². The van der Waals surface area contributed by atoms with Crippen LogP contribution >= 0.6 is 22.9 Å². The van der Waals surface area contributed by atoms with E-state index in [1.165, 1.54) is 16.9 Å². The van der Waals surface area contributed by atoms with Gasteiger partial charge >= 0.3 is 0 Å². The van der Waals surface area contributed by atoms with Crippen molar-refractivity contribution in [2.24, 2.45) is 5.41 Å². The average Bonchev–Trinajstić information content (AvgIpc) is 3.08. The zero-order chi connectivity index (χ0) is 16.6. The minimum atomic E-state index is -0.667. The number of amides is 1. The van der Waals surface area contributed by atoms with Gasteiger partial charge in [0.15, 0.2) is 0 Å². The Morgan fingerprint density at radius 2 is 2.04 bits per heavy atom. The van der Waals surface area contributed by atoms with Crippen LogP contribution < -0.4 is 5.32 Å². The summed E-state index contributed by atoms with van der Waals surface area (Å²) < 4.78 is 1.75. The molecule has 3 aromatic rings. The van der Waals surface area contributed by atoms with E-state index in [9.17, 15) is 4.79 Å². The standard InChI is InChI=1S/C16H17ClN4OS/c1-10-4-6-11(7-5-10)12-8-23-15-19-14(20-21(12)15)18-13(22)16(2,3)9-17/h4-8H,9H2,1-3H3,(H,18,20,22). The lowest BCUT2D eigenvalue weighted by Gasteiger charge is -2.18. The van der Waals surface area contributed by atoms with Crippen LogP contribution in [0.3, 0.4) is 0 Å². The first-order chi connectivity index (χ1) is 10.9. The molecule has 0 spiro atoms. The molecule has 0 aliphatic rings. The van der Waals surface area contributed by atoms with Gasteiger partial charge in [0, 0.05) is 16.8 Å². The van der Waals surface area contributed by atoms with Crippen molar-refractivity contribution in [2.75, 3.05) is 11.2 Å². The molecule has 2 aromatic heterocycles. The van der Waals surface area contributed by atoms with Gasteiger partial charge in [0.05, 0.1) is 11.1 Å². The fourth-order valence-corrected chi connectivity index (χ4v) is 2.94. The molecule has 1 aromatic carbocycles. The maximum atomic E-state index is 12.2. The van der Waals surface area contributed by atoms with E-state index in [-0.39, 0.29) is 11.8 Å². The van der Waals surface area contributed by atoms with Crippen LogP contribution in [0.15, 0.2) is 29.6 Å². The molecule has 0 fully saturated rings. The Balaban J connectivity index is 1.92. The number of aromatic nitrogens is 3. The third-order valence-corrected chi connectivity index (χ3v) is 5.09. The van der Waals surface area contributed by atoms with Gasteiger partial charge in [0.25, 0.3) is 0 Å². The van der Waals surface area contributed by atoms with Crippen LogP contribution in [0, 0.1) is 12.3 Å². The van der Waals surface area contributed by atoms with Crippen LogP contribution in [0.5, 0.6) is 0 Å². The highest BCUT2D eigenvalue weighted by Crippen LogP contribution is 2.26. The lowest BCUT2D eigenvalue weighted by Crippen LogP contribution is -2.32. The summed E-state index contributed by atoms with van der Waals surface area (Å²) in [6.45, 7) is 5.62. The molecule has 2 heterocycles. The van der Waals surface area contributed by atoms with Crippen molar-refractivity contribution < 1.29 is 4.79 Å². The predicted molar refractivity (Wildman–Crippen MR) is 94.2 cm³/mol. The number of fused-ring (bicyclic) bond motifs is 1. The summed E-state index contributed by atoms with van der Waals surface area (Å²) >= 11 is 7.31. The number of alkyl halides is 1. The molecule has 0 radical (unpaired) electrons. The van der Waals surface area contributed by atoms with Crippen LogP contribution in [0.2, 0.25) is 0 Å². The molecular weight excluding hydrogens is 332 g/mol. The molecule has 23 heavy (non-hydrogen) atoms. The van der Waals surface area contributed by atoms with Crippen molar-refractivity contribution in [1.29, 1.82) is 0 Å². The van der Waals surface area contributed by atoms with Crippen molar-refractivity contribution in [3.63, 3.8) is 0 Å². The third kappa shape index (κ3) is 3.09. The maximum absolute atomic E-state index is 12.2. The molecular formula is C16H17ClN4OS. The van der Waals surface area contributed by atoms with E-state index in [4.69, 9.17) is 11.6 Å². The summed E-state index contributed by atoms with van der Waals surface area (Å²) in [5.74, 6) is 0.339. The zero-order valence-electron chi connectivity index (χ0n) is 13.1. The van der Waals surface area contributed by atoms with Crippen LogP contribution in [0.1, 0.15) is 19.4 Å². The summed E-state index contributed by atoms with van der Waals surface area (Å²) in [7, 11) is 0. The molecule has 120 valence electrons. The minimum Gasteiger partial charge on any atom is -0.293 e. The Bertz CT molecular complexity index is 851. The smallest absolute Gasteiger partial charge is 0.250 e. The summed E-state index contributed by atoms with van der Waals surface area (Å²) in [5, 5.41) is 9.15. The quantitative estimate of drug-likeness (QED) is 0.726. The number of rotatable bonds is 4. The number of benzene rings is 1. The second kappa shape index (κ2) is 5.94. The number of anilines is 1. The van der Waals surface area contributed by atoms with Gasteiger partial charge in [-0.25, -0.2) is 4.52 Å². The molecule has 0 saturated heterocycles. The second-order valence-electron chi connectivity index (χ2n) is 6.09. The van der Waals surface area contributed by atoms with Gasteiger partial charge in [0.1, 0.15) is 0 Å². The van der Waals surface area contributed by atoms with E-state index < -0.39 is 5.41 Å². The van der Waals surface area contributed by atoms with Gasteiger partial charge in [-0.05, 0) is 20.8 Å². The molecule has 0 aliphatic carbocycles. The fourth-order valence-electron chi connectivity index (χ4n) is 1.99. The van der Waals surface area contributed by atoms with Crippen molar-refractivity contribution in [1.82, 2.24) is 14.6 Å². The lowest BCUT2D eigenvalue weighted by atomic mass is 9.95. The van der Waals surface area contributed by atoms with Gasteiger partial charge in [0.2, 0.25) is 16.8 Å². The van der Waals surface area contributed by atoms with E-state index >= 15 is 0 Å². The van der Waals surface area contributed by atoms with E-state index in [0.717, 1.165) is 16.2 Å². The van der Waals surface area contributed by atoms with E-state index in [1.54, 1.807) is 18.4 Å². The van der Waals surface area contributed by atoms with Gasteiger partial charge in [-0.15, -0.1) is 28.0 Å². The molecule has 0 bridgehead atoms. The first-order valence-electron chi connectivity index (χ1n) is 7.19. The molecule has 1 amide bonds. The number of carbonyl (C=O) groups is 1. The molecule has 0 unspecified atom stereocenters. The van der Waals surface area contributed by atoms with Gasteiger partial charge in [-0.3, -0.25) is 10.1 Å². The Labute approximate surface area is 143 Å². The first-order valence-corrected chi connectivity index (χ1v) is 8.61.